The van der Waals surface area contributed by atoms with Gasteiger partial charge >= 0.3 is 0 Å². The number of benzene rings is 1. The lowest BCUT2D eigenvalue weighted by atomic mass is 9.98. The second-order valence-corrected chi connectivity index (χ2v) is 5.80. The minimum Gasteiger partial charge on any atom is -0.377 e. The van der Waals surface area contributed by atoms with Gasteiger partial charge in [-0.25, -0.2) is 0 Å². The van der Waals surface area contributed by atoms with E-state index in [0.29, 0.717) is 6.10 Å². The molecule has 1 N–H and O–H groups in total. The summed E-state index contributed by atoms with van der Waals surface area (Å²) in [5, 5.41) is 3.47. The summed E-state index contributed by atoms with van der Waals surface area (Å²) in [5.41, 5.74) is 4.06. The molecule has 1 fully saturated rings. The molecule has 0 saturated heterocycles. The van der Waals surface area contributed by atoms with Gasteiger partial charge in [-0.15, -0.1) is 0 Å². The maximum Gasteiger partial charge on any atom is 0.0594 e. The van der Waals surface area contributed by atoms with Gasteiger partial charge in [0.1, 0.15) is 0 Å². The SMILES string of the molecule is Cc1cc(C)cc(CNCCOC2CCCCC2)c1. The van der Waals surface area contributed by atoms with E-state index in [-0.39, 0.29) is 0 Å². The number of aryl methyl sites for hydroxylation is 2. The van der Waals surface area contributed by atoms with Crippen LogP contribution in [0.5, 0.6) is 0 Å². The van der Waals surface area contributed by atoms with E-state index in [9.17, 15) is 0 Å². The highest BCUT2D eigenvalue weighted by atomic mass is 16.5. The fraction of sp³-hybridized carbons (Fsp3) is 0.647. The Balaban J connectivity index is 1.60. The molecule has 1 aromatic rings. The lowest BCUT2D eigenvalue weighted by Gasteiger charge is -2.22. The third-order valence-corrected chi connectivity index (χ3v) is 3.80. The molecule has 0 heterocycles. The molecule has 0 atom stereocenters. The number of rotatable bonds is 6. The molecule has 0 radical (unpaired) electrons. The minimum absolute atomic E-state index is 0.525. The number of ether oxygens (including phenoxy) is 1. The second kappa shape index (κ2) is 7.66. The van der Waals surface area contributed by atoms with Crippen molar-refractivity contribution in [3.05, 3.63) is 34.9 Å². The zero-order chi connectivity index (χ0) is 13.5. The van der Waals surface area contributed by atoms with Crippen LogP contribution in [0.15, 0.2) is 18.2 Å². The molecule has 1 saturated carbocycles. The first-order chi connectivity index (χ1) is 9.24. The highest BCUT2D eigenvalue weighted by Crippen LogP contribution is 2.19. The van der Waals surface area contributed by atoms with Gasteiger partial charge in [-0.2, -0.15) is 0 Å². The molecule has 0 aromatic heterocycles. The molecule has 0 amide bonds. The molecule has 2 rings (SSSR count). The monoisotopic (exact) mass is 261 g/mol. The first kappa shape index (κ1) is 14.5. The van der Waals surface area contributed by atoms with Gasteiger partial charge in [-0.3, -0.25) is 0 Å². The van der Waals surface area contributed by atoms with Crippen LogP contribution in [-0.4, -0.2) is 19.3 Å². The summed E-state index contributed by atoms with van der Waals surface area (Å²) in [7, 11) is 0. The summed E-state index contributed by atoms with van der Waals surface area (Å²) in [5.74, 6) is 0. The van der Waals surface area contributed by atoms with E-state index < -0.39 is 0 Å². The van der Waals surface area contributed by atoms with Crippen molar-refractivity contribution in [1.82, 2.24) is 5.32 Å². The first-order valence-corrected chi connectivity index (χ1v) is 7.63. The Kier molecular flexibility index (Phi) is 5.87. The van der Waals surface area contributed by atoms with Crippen molar-refractivity contribution in [2.24, 2.45) is 0 Å². The summed E-state index contributed by atoms with van der Waals surface area (Å²) in [4.78, 5) is 0. The molecular formula is C17H27NO. The van der Waals surface area contributed by atoms with E-state index >= 15 is 0 Å². The molecular weight excluding hydrogens is 234 g/mol. The van der Waals surface area contributed by atoms with Crippen molar-refractivity contribution in [3.63, 3.8) is 0 Å². The largest absolute Gasteiger partial charge is 0.377 e. The van der Waals surface area contributed by atoms with Crippen LogP contribution in [0.3, 0.4) is 0 Å². The quantitative estimate of drug-likeness (QED) is 0.788. The maximum atomic E-state index is 5.91. The fourth-order valence-electron chi connectivity index (χ4n) is 2.93. The summed E-state index contributed by atoms with van der Waals surface area (Å²) >= 11 is 0. The van der Waals surface area contributed by atoms with Crippen molar-refractivity contribution in [1.29, 1.82) is 0 Å². The first-order valence-electron chi connectivity index (χ1n) is 7.63. The summed E-state index contributed by atoms with van der Waals surface area (Å²) in [6.07, 6.45) is 7.14. The van der Waals surface area contributed by atoms with E-state index in [1.54, 1.807) is 0 Å². The summed E-state index contributed by atoms with van der Waals surface area (Å²) in [6.45, 7) is 7.04. The Morgan fingerprint density at radius 3 is 2.42 bits per heavy atom. The Labute approximate surface area is 117 Å². The Morgan fingerprint density at radius 1 is 1.05 bits per heavy atom. The summed E-state index contributed by atoms with van der Waals surface area (Å²) < 4.78 is 5.91. The van der Waals surface area contributed by atoms with Crippen LogP contribution in [0.4, 0.5) is 0 Å². The molecule has 1 aliphatic rings. The average Bonchev–Trinajstić information content (AvgIpc) is 2.38. The van der Waals surface area contributed by atoms with Gasteiger partial charge < -0.3 is 10.1 Å². The van der Waals surface area contributed by atoms with Gasteiger partial charge in [0, 0.05) is 13.1 Å². The maximum absolute atomic E-state index is 5.91. The molecule has 0 unspecified atom stereocenters. The minimum atomic E-state index is 0.525. The Morgan fingerprint density at radius 2 is 1.74 bits per heavy atom. The zero-order valence-electron chi connectivity index (χ0n) is 12.4. The van der Waals surface area contributed by atoms with Crippen LogP contribution in [0, 0.1) is 13.8 Å². The third-order valence-electron chi connectivity index (χ3n) is 3.80. The topological polar surface area (TPSA) is 21.3 Å². The van der Waals surface area contributed by atoms with E-state index in [0.717, 1.165) is 19.7 Å². The Bertz CT molecular complexity index is 363. The second-order valence-electron chi connectivity index (χ2n) is 5.80. The van der Waals surface area contributed by atoms with Gasteiger partial charge in [0.2, 0.25) is 0 Å². The third kappa shape index (κ3) is 5.33. The highest BCUT2D eigenvalue weighted by Gasteiger charge is 2.12. The van der Waals surface area contributed by atoms with Gasteiger partial charge in [-0.1, -0.05) is 48.6 Å². The van der Waals surface area contributed by atoms with Gasteiger partial charge in [0.05, 0.1) is 12.7 Å². The molecule has 0 bridgehead atoms. The van der Waals surface area contributed by atoms with Crippen molar-refractivity contribution in [2.75, 3.05) is 13.2 Å². The molecule has 0 aliphatic heterocycles. The van der Waals surface area contributed by atoms with Crippen LogP contribution < -0.4 is 5.32 Å². The molecule has 2 heteroatoms. The number of hydrogen-bond acceptors (Lipinski definition) is 2. The standard InChI is InChI=1S/C17H27NO/c1-14-10-15(2)12-16(11-14)13-18-8-9-19-17-6-4-3-5-7-17/h10-12,17-18H,3-9,13H2,1-2H3. The van der Waals surface area contributed by atoms with Crippen molar-refractivity contribution >= 4 is 0 Å². The van der Waals surface area contributed by atoms with E-state index in [1.165, 1.54) is 48.8 Å². The van der Waals surface area contributed by atoms with Crippen LogP contribution in [-0.2, 0) is 11.3 Å². The van der Waals surface area contributed by atoms with Gasteiger partial charge in [0.25, 0.3) is 0 Å². The fourth-order valence-corrected chi connectivity index (χ4v) is 2.93. The Hall–Kier alpha value is -0.860. The lowest BCUT2D eigenvalue weighted by molar-refractivity contribution is 0.0302. The number of nitrogens with one attached hydrogen (secondary N) is 1. The predicted octanol–water partition coefficient (Wildman–Crippen LogP) is 3.74. The molecule has 2 nitrogen and oxygen atoms in total. The summed E-state index contributed by atoms with van der Waals surface area (Å²) in [6, 6.07) is 6.72. The van der Waals surface area contributed by atoms with Crippen molar-refractivity contribution in [3.8, 4) is 0 Å². The van der Waals surface area contributed by atoms with E-state index in [1.807, 2.05) is 0 Å². The van der Waals surface area contributed by atoms with E-state index in [4.69, 9.17) is 4.74 Å². The van der Waals surface area contributed by atoms with Gasteiger partial charge in [-0.05, 0) is 32.3 Å². The van der Waals surface area contributed by atoms with Crippen LogP contribution in [0.25, 0.3) is 0 Å². The van der Waals surface area contributed by atoms with E-state index in [2.05, 4.69) is 37.4 Å². The van der Waals surface area contributed by atoms with Crippen molar-refractivity contribution < 1.29 is 4.74 Å². The van der Waals surface area contributed by atoms with Crippen molar-refractivity contribution in [2.45, 2.75) is 58.6 Å². The zero-order valence-corrected chi connectivity index (χ0v) is 12.4. The highest BCUT2D eigenvalue weighted by molar-refractivity contribution is 5.28. The number of hydrogen-bond donors (Lipinski definition) is 1. The van der Waals surface area contributed by atoms with Crippen LogP contribution >= 0.6 is 0 Å². The van der Waals surface area contributed by atoms with Gasteiger partial charge in [0.15, 0.2) is 0 Å². The van der Waals surface area contributed by atoms with Crippen LogP contribution in [0.2, 0.25) is 0 Å². The smallest absolute Gasteiger partial charge is 0.0594 e. The van der Waals surface area contributed by atoms with Crippen LogP contribution in [0.1, 0.15) is 48.8 Å². The molecule has 1 aliphatic carbocycles. The normalized spacial score (nSPS) is 16.7. The molecule has 19 heavy (non-hydrogen) atoms. The lowest BCUT2D eigenvalue weighted by Crippen LogP contribution is -2.24. The average molecular weight is 261 g/mol. The molecule has 1 aromatic carbocycles. The molecule has 0 spiro atoms. The predicted molar refractivity (Wildman–Crippen MR) is 80.4 cm³/mol. The molecule has 106 valence electrons.